The van der Waals surface area contributed by atoms with Gasteiger partial charge >= 0.3 is 0 Å². The van der Waals surface area contributed by atoms with E-state index in [0.717, 1.165) is 5.56 Å². The molecule has 2 aromatic heterocycles. The van der Waals surface area contributed by atoms with E-state index < -0.39 is 23.5 Å². The van der Waals surface area contributed by atoms with E-state index in [-0.39, 0.29) is 23.0 Å². The molecule has 0 spiro atoms. The number of nitrogens with zero attached hydrogens (tertiary/aromatic N) is 3. The highest BCUT2D eigenvalue weighted by Crippen LogP contribution is 2.44. The highest BCUT2D eigenvalue weighted by atomic mass is 32.1. The van der Waals surface area contributed by atoms with Crippen LogP contribution in [0.4, 0.5) is 5.95 Å². The standard InChI is InChI=1S/C26H24N4O5S/c1-5-35-19-11-15(7-9-18(19)31)21-20(22(32)24-13(3)27-14(4)36-24)23(33)25(34)30(21)26-28-16-8-6-12(2)10-17(16)29-26/h6-11,21,31,33H,5H2,1-4H3,(H,28,29). The second-order valence-corrected chi connectivity index (χ2v) is 9.76. The number of ether oxygens (including phenoxy) is 1. The van der Waals surface area contributed by atoms with Crippen LogP contribution in [-0.2, 0) is 4.79 Å². The number of H-pyrrole nitrogens is 1. The number of imidazole rings is 1. The van der Waals surface area contributed by atoms with Crippen molar-refractivity contribution in [3.63, 3.8) is 0 Å². The molecule has 184 valence electrons. The number of thiazole rings is 1. The molecule has 1 atom stereocenters. The molecule has 1 aliphatic rings. The average Bonchev–Trinajstić information content (AvgIpc) is 3.48. The molecule has 0 saturated carbocycles. The maximum Gasteiger partial charge on any atom is 0.296 e. The van der Waals surface area contributed by atoms with Gasteiger partial charge in [-0.25, -0.2) is 9.97 Å². The number of aromatic nitrogens is 3. The number of anilines is 1. The maximum atomic E-state index is 13.8. The zero-order valence-electron chi connectivity index (χ0n) is 20.1. The third-order valence-corrected chi connectivity index (χ3v) is 7.09. The van der Waals surface area contributed by atoms with E-state index in [2.05, 4.69) is 15.0 Å². The number of rotatable bonds is 6. The molecule has 0 bridgehead atoms. The Morgan fingerprint density at radius 3 is 2.61 bits per heavy atom. The summed E-state index contributed by atoms with van der Waals surface area (Å²) in [6.45, 7) is 7.53. The summed E-state index contributed by atoms with van der Waals surface area (Å²) in [5, 5.41) is 22.0. The van der Waals surface area contributed by atoms with E-state index in [0.29, 0.717) is 38.8 Å². The van der Waals surface area contributed by atoms with Crippen molar-refractivity contribution >= 4 is 40.0 Å². The summed E-state index contributed by atoms with van der Waals surface area (Å²) in [6, 6.07) is 9.20. The van der Waals surface area contributed by atoms with Crippen molar-refractivity contribution < 1.29 is 24.5 Å². The van der Waals surface area contributed by atoms with Gasteiger partial charge in [0, 0.05) is 0 Å². The predicted molar refractivity (Wildman–Crippen MR) is 136 cm³/mol. The van der Waals surface area contributed by atoms with Gasteiger partial charge in [0.05, 0.1) is 44.8 Å². The van der Waals surface area contributed by atoms with Gasteiger partial charge in [-0.15, -0.1) is 11.3 Å². The van der Waals surface area contributed by atoms with Crippen molar-refractivity contribution in [3.8, 4) is 11.5 Å². The Balaban J connectivity index is 1.71. The van der Waals surface area contributed by atoms with Gasteiger partial charge in [-0.1, -0.05) is 12.1 Å². The van der Waals surface area contributed by atoms with Crippen LogP contribution >= 0.6 is 11.3 Å². The number of aliphatic hydroxyl groups excluding tert-OH is 1. The van der Waals surface area contributed by atoms with Crippen LogP contribution < -0.4 is 9.64 Å². The third kappa shape index (κ3) is 3.79. The Labute approximate surface area is 210 Å². The molecule has 4 aromatic rings. The lowest BCUT2D eigenvalue weighted by molar-refractivity contribution is -0.117. The topological polar surface area (TPSA) is 129 Å². The maximum absolute atomic E-state index is 13.8. The number of carbonyl (C=O) groups is 2. The molecule has 3 heterocycles. The van der Waals surface area contributed by atoms with Gasteiger partial charge in [-0.3, -0.25) is 14.5 Å². The van der Waals surface area contributed by atoms with Crippen molar-refractivity contribution in [3.05, 3.63) is 74.4 Å². The van der Waals surface area contributed by atoms with Gasteiger partial charge in [-0.05, 0) is 63.1 Å². The molecule has 5 rings (SSSR count). The Kier molecular flexibility index (Phi) is 5.76. The zero-order valence-corrected chi connectivity index (χ0v) is 20.9. The molecule has 36 heavy (non-hydrogen) atoms. The second-order valence-electron chi connectivity index (χ2n) is 8.56. The lowest BCUT2D eigenvalue weighted by Crippen LogP contribution is -2.32. The molecule has 0 fully saturated rings. The number of ketones is 1. The molecule has 1 unspecified atom stereocenters. The van der Waals surface area contributed by atoms with Gasteiger partial charge < -0.3 is 19.9 Å². The second kappa shape index (κ2) is 8.80. The first kappa shape index (κ1) is 23.6. The first-order chi connectivity index (χ1) is 17.2. The van der Waals surface area contributed by atoms with Crippen LogP contribution in [0.25, 0.3) is 11.0 Å². The molecule has 10 heteroatoms. The van der Waals surface area contributed by atoms with Crippen LogP contribution in [0.15, 0.2) is 47.7 Å². The van der Waals surface area contributed by atoms with Crippen LogP contribution in [0.5, 0.6) is 11.5 Å². The molecular weight excluding hydrogens is 480 g/mol. The minimum Gasteiger partial charge on any atom is -0.504 e. The fourth-order valence-electron chi connectivity index (χ4n) is 4.43. The predicted octanol–water partition coefficient (Wildman–Crippen LogP) is 4.83. The van der Waals surface area contributed by atoms with Gasteiger partial charge in [0.2, 0.25) is 11.7 Å². The number of aryl methyl sites for hydroxylation is 3. The normalized spacial score (nSPS) is 15.8. The van der Waals surface area contributed by atoms with E-state index in [4.69, 9.17) is 4.74 Å². The Morgan fingerprint density at radius 2 is 1.92 bits per heavy atom. The molecule has 0 radical (unpaired) electrons. The minimum atomic E-state index is -1.02. The van der Waals surface area contributed by atoms with Crippen molar-refractivity contribution in [2.45, 2.75) is 33.7 Å². The van der Waals surface area contributed by atoms with Gasteiger partial charge in [0.1, 0.15) is 0 Å². The quantitative estimate of drug-likeness (QED) is 0.321. The van der Waals surface area contributed by atoms with Crippen LogP contribution in [0, 0.1) is 20.8 Å². The zero-order chi connectivity index (χ0) is 25.7. The highest BCUT2D eigenvalue weighted by Gasteiger charge is 2.46. The summed E-state index contributed by atoms with van der Waals surface area (Å²) in [7, 11) is 0. The first-order valence-corrected chi connectivity index (χ1v) is 12.2. The number of hydrogen-bond donors (Lipinski definition) is 3. The van der Waals surface area contributed by atoms with Crippen LogP contribution in [0.2, 0.25) is 0 Å². The van der Waals surface area contributed by atoms with Crippen LogP contribution in [0.1, 0.15) is 44.5 Å². The largest absolute Gasteiger partial charge is 0.504 e. The first-order valence-electron chi connectivity index (χ1n) is 11.4. The number of phenolic OH excluding ortho intramolecular Hbond substituents is 1. The molecule has 2 aromatic carbocycles. The number of aliphatic hydroxyl groups is 1. The molecule has 1 amide bonds. The van der Waals surface area contributed by atoms with E-state index >= 15 is 0 Å². The number of fused-ring (bicyclic) bond motifs is 1. The van der Waals surface area contributed by atoms with Crippen LogP contribution in [-0.4, -0.2) is 43.5 Å². The monoisotopic (exact) mass is 504 g/mol. The van der Waals surface area contributed by atoms with Gasteiger partial charge in [-0.2, -0.15) is 0 Å². The number of carbonyl (C=O) groups excluding carboxylic acids is 2. The molecule has 9 nitrogen and oxygen atoms in total. The SMILES string of the molecule is CCOc1cc(C2C(C(=O)c3sc(C)nc3C)=C(O)C(=O)N2c2nc3ccc(C)cc3[nH]2)ccc1O. The number of nitrogens with one attached hydrogen (secondary N) is 1. The fraction of sp³-hybridized carbons (Fsp3) is 0.231. The van der Waals surface area contributed by atoms with E-state index in [1.54, 1.807) is 32.9 Å². The average molecular weight is 505 g/mol. The number of amides is 1. The van der Waals surface area contributed by atoms with E-state index in [1.165, 1.54) is 22.3 Å². The van der Waals surface area contributed by atoms with Crippen molar-refractivity contribution in [1.82, 2.24) is 15.0 Å². The van der Waals surface area contributed by atoms with E-state index in [9.17, 15) is 19.8 Å². The van der Waals surface area contributed by atoms with Crippen molar-refractivity contribution in [1.29, 1.82) is 0 Å². The number of benzene rings is 2. The summed E-state index contributed by atoms with van der Waals surface area (Å²) in [5.74, 6) is -1.60. The number of phenols is 1. The minimum absolute atomic E-state index is 0.0781. The number of aromatic hydroxyl groups is 1. The Bertz CT molecular complexity index is 1570. The summed E-state index contributed by atoms with van der Waals surface area (Å²) in [5.41, 5.74) is 3.26. The Hall–Kier alpha value is -4.18. The van der Waals surface area contributed by atoms with Crippen molar-refractivity contribution in [2.24, 2.45) is 0 Å². The smallest absolute Gasteiger partial charge is 0.296 e. The van der Waals surface area contributed by atoms with Gasteiger partial charge in [0.15, 0.2) is 17.3 Å². The van der Waals surface area contributed by atoms with Gasteiger partial charge in [0.25, 0.3) is 5.91 Å². The Morgan fingerprint density at radius 1 is 1.14 bits per heavy atom. The lowest BCUT2D eigenvalue weighted by atomic mass is 9.95. The summed E-state index contributed by atoms with van der Waals surface area (Å²) < 4.78 is 5.55. The van der Waals surface area contributed by atoms with Crippen molar-refractivity contribution in [2.75, 3.05) is 11.5 Å². The molecule has 1 aliphatic heterocycles. The molecule has 0 saturated heterocycles. The highest BCUT2D eigenvalue weighted by molar-refractivity contribution is 7.14. The number of Topliss-reactive ketones (excluding diaryl/α,β-unsaturated/α-hetero) is 1. The van der Waals surface area contributed by atoms with E-state index in [1.807, 2.05) is 25.1 Å². The lowest BCUT2D eigenvalue weighted by Gasteiger charge is -2.25. The molecule has 3 N–H and O–H groups in total. The summed E-state index contributed by atoms with van der Waals surface area (Å²) in [4.78, 5) is 40.9. The summed E-state index contributed by atoms with van der Waals surface area (Å²) in [6.07, 6.45) is 0. The molecular formula is C26H24N4O5S. The van der Waals surface area contributed by atoms with Crippen LogP contribution in [0.3, 0.4) is 0 Å². The third-order valence-electron chi connectivity index (χ3n) is 6.02. The number of hydrogen-bond acceptors (Lipinski definition) is 8. The molecule has 0 aliphatic carbocycles. The number of aromatic amines is 1. The summed E-state index contributed by atoms with van der Waals surface area (Å²) >= 11 is 1.20. The fourth-order valence-corrected chi connectivity index (χ4v) is 5.31.